The first-order chi connectivity index (χ1) is 9.33. The molecule has 0 radical (unpaired) electrons. The second kappa shape index (κ2) is 4.07. The van der Waals surface area contributed by atoms with E-state index < -0.39 is 0 Å². The Kier molecular flexibility index (Phi) is 2.35. The summed E-state index contributed by atoms with van der Waals surface area (Å²) >= 11 is 6.45. The molecule has 1 aromatic carbocycles. The maximum absolute atomic E-state index is 6.45. The van der Waals surface area contributed by atoms with Crippen molar-refractivity contribution in [1.82, 2.24) is 14.6 Å². The van der Waals surface area contributed by atoms with Crippen LogP contribution in [0.4, 0.5) is 0 Å². The summed E-state index contributed by atoms with van der Waals surface area (Å²) in [6.07, 6.45) is 3.18. The van der Waals surface area contributed by atoms with Crippen molar-refractivity contribution in [3.8, 4) is 11.3 Å². The van der Waals surface area contributed by atoms with Crippen molar-refractivity contribution in [2.45, 2.75) is 19.3 Å². The molecule has 4 rings (SSSR count). The molecule has 2 aromatic heterocycles. The molecule has 0 spiro atoms. The largest absolute Gasteiger partial charge is 0.233 e. The maximum atomic E-state index is 6.45. The molecule has 2 heterocycles. The first-order valence-corrected chi connectivity index (χ1v) is 6.83. The van der Waals surface area contributed by atoms with Crippen LogP contribution >= 0.6 is 11.6 Å². The number of hydrogen-bond acceptors (Lipinski definition) is 2. The maximum Gasteiger partial charge on any atom is 0.157 e. The molecule has 0 N–H and O–H groups in total. The van der Waals surface area contributed by atoms with Gasteiger partial charge in [0.1, 0.15) is 5.15 Å². The van der Waals surface area contributed by atoms with Crippen molar-refractivity contribution in [1.29, 1.82) is 0 Å². The molecule has 3 aromatic rings. The molecule has 0 saturated heterocycles. The predicted molar refractivity (Wildman–Crippen MR) is 75.5 cm³/mol. The van der Waals surface area contributed by atoms with Gasteiger partial charge < -0.3 is 0 Å². The molecule has 94 valence electrons. The zero-order valence-electron chi connectivity index (χ0n) is 10.3. The Bertz CT molecular complexity index is 762. The molecule has 0 amide bonds. The smallest absolute Gasteiger partial charge is 0.157 e. The van der Waals surface area contributed by atoms with Crippen LogP contribution < -0.4 is 0 Å². The molecule has 0 unspecified atom stereocenters. The van der Waals surface area contributed by atoms with E-state index in [4.69, 9.17) is 11.6 Å². The van der Waals surface area contributed by atoms with Crippen LogP contribution in [0.2, 0.25) is 5.15 Å². The molecule has 3 nitrogen and oxygen atoms in total. The van der Waals surface area contributed by atoms with E-state index in [-0.39, 0.29) is 0 Å². The molecule has 1 aliphatic carbocycles. The standard InChI is InChI=1S/C15H12ClN3/c16-15-11-7-4-8-12(11)17-14-9-13(18-19(14)15)10-5-2-1-3-6-10/h1-3,5-6,9H,4,7-8H2. The lowest BCUT2D eigenvalue weighted by Crippen LogP contribution is -1.99. The first kappa shape index (κ1) is 11.0. The number of aromatic nitrogens is 3. The van der Waals surface area contributed by atoms with Gasteiger partial charge in [0, 0.05) is 22.9 Å². The summed E-state index contributed by atoms with van der Waals surface area (Å²) in [6.45, 7) is 0. The summed E-state index contributed by atoms with van der Waals surface area (Å²) < 4.78 is 1.76. The quantitative estimate of drug-likeness (QED) is 0.633. The summed E-state index contributed by atoms with van der Waals surface area (Å²) in [7, 11) is 0. The Hall–Kier alpha value is -1.87. The summed E-state index contributed by atoms with van der Waals surface area (Å²) in [5.74, 6) is 0. The minimum Gasteiger partial charge on any atom is -0.233 e. The lowest BCUT2D eigenvalue weighted by Gasteiger charge is -2.03. The second-order valence-electron chi connectivity index (χ2n) is 4.85. The molecule has 0 saturated carbocycles. The molecule has 0 fully saturated rings. The highest BCUT2D eigenvalue weighted by atomic mass is 35.5. The van der Waals surface area contributed by atoms with Crippen LogP contribution in [0.1, 0.15) is 17.7 Å². The number of benzene rings is 1. The van der Waals surface area contributed by atoms with Gasteiger partial charge in [-0.2, -0.15) is 5.10 Å². The lowest BCUT2D eigenvalue weighted by atomic mass is 10.2. The number of fused-ring (bicyclic) bond motifs is 2. The minimum absolute atomic E-state index is 0.722. The molecule has 0 atom stereocenters. The van der Waals surface area contributed by atoms with E-state index >= 15 is 0 Å². The highest BCUT2D eigenvalue weighted by molar-refractivity contribution is 6.30. The molecule has 0 bridgehead atoms. The van der Waals surface area contributed by atoms with Crippen LogP contribution in [0, 0.1) is 0 Å². The molecular formula is C15H12ClN3. The SMILES string of the molecule is Clc1c2c(nc3cc(-c4ccccc4)nn13)CCC2. The number of aryl methyl sites for hydroxylation is 1. The first-order valence-electron chi connectivity index (χ1n) is 6.45. The fraction of sp³-hybridized carbons (Fsp3) is 0.200. The monoisotopic (exact) mass is 269 g/mol. The van der Waals surface area contributed by atoms with Gasteiger partial charge in [-0.25, -0.2) is 9.50 Å². The number of rotatable bonds is 1. The minimum atomic E-state index is 0.722. The number of hydrogen-bond donors (Lipinski definition) is 0. The Morgan fingerprint density at radius 1 is 1.11 bits per heavy atom. The van der Waals surface area contributed by atoms with Gasteiger partial charge in [-0.15, -0.1) is 0 Å². The fourth-order valence-electron chi connectivity index (χ4n) is 2.68. The van der Waals surface area contributed by atoms with Crippen LogP contribution in [-0.4, -0.2) is 14.6 Å². The lowest BCUT2D eigenvalue weighted by molar-refractivity contribution is 0.901. The van der Waals surface area contributed by atoms with Gasteiger partial charge in [0.2, 0.25) is 0 Å². The van der Waals surface area contributed by atoms with Crippen molar-refractivity contribution in [3.63, 3.8) is 0 Å². The average molecular weight is 270 g/mol. The van der Waals surface area contributed by atoms with E-state index in [9.17, 15) is 0 Å². The zero-order valence-corrected chi connectivity index (χ0v) is 11.1. The van der Waals surface area contributed by atoms with Gasteiger partial charge in [0.15, 0.2) is 5.65 Å². The van der Waals surface area contributed by atoms with Crippen LogP contribution in [0.5, 0.6) is 0 Å². The van der Waals surface area contributed by atoms with Gasteiger partial charge in [0.25, 0.3) is 0 Å². The normalized spacial score (nSPS) is 13.9. The van der Waals surface area contributed by atoms with Crippen LogP contribution in [0.3, 0.4) is 0 Å². The second-order valence-corrected chi connectivity index (χ2v) is 5.21. The topological polar surface area (TPSA) is 30.2 Å². The van der Waals surface area contributed by atoms with E-state index in [1.54, 1.807) is 4.52 Å². The molecular weight excluding hydrogens is 258 g/mol. The Balaban J connectivity index is 1.96. The van der Waals surface area contributed by atoms with E-state index in [0.29, 0.717) is 0 Å². The highest BCUT2D eigenvalue weighted by Crippen LogP contribution is 2.29. The molecule has 1 aliphatic rings. The summed E-state index contributed by atoms with van der Waals surface area (Å²) in [4.78, 5) is 4.68. The van der Waals surface area contributed by atoms with Gasteiger partial charge >= 0.3 is 0 Å². The van der Waals surface area contributed by atoms with Crippen molar-refractivity contribution in [2.75, 3.05) is 0 Å². The number of nitrogens with zero attached hydrogens (tertiary/aromatic N) is 3. The Labute approximate surface area is 115 Å². The Morgan fingerprint density at radius 3 is 2.79 bits per heavy atom. The van der Waals surface area contributed by atoms with Gasteiger partial charge in [0.05, 0.1) is 5.69 Å². The Morgan fingerprint density at radius 2 is 1.95 bits per heavy atom. The van der Waals surface area contributed by atoms with Crippen LogP contribution in [0.25, 0.3) is 16.9 Å². The average Bonchev–Trinajstić information content (AvgIpc) is 3.06. The summed E-state index contributed by atoms with van der Waals surface area (Å²) in [5, 5.41) is 5.30. The van der Waals surface area contributed by atoms with Crippen LogP contribution in [0.15, 0.2) is 36.4 Å². The number of halogens is 1. The third kappa shape index (κ3) is 1.65. The van der Waals surface area contributed by atoms with Gasteiger partial charge in [-0.3, -0.25) is 0 Å². The summed E-state index contributed by atoms with van der Waals surface area (Å²) in [5.41, 5.74) is 5.14. The van der Waals surface area contributed by atoms with Crippen molar-refractivity contribution in [2.24, 2.45) is 0 Å². The third-order valence-electron chi connectivity index (χ3n) is 3.63. The zero-order chi connectivity index (χ0) is 12.8. The summed E-state index contributed by atoms with van der Waals surface area (Å²) in [6, 6.07) is 12.1. The fourth-order valence-corrected chi connectivity index (χ4v) is 3.01. The van der Waals surface area contributed by atoms with E-state index in [2.05, 4.69) is 10.1 Å². The molecule has 0 aliphatic heterocycles. The van der Waals surface area contributed by atoms with Crippen molar-refractivity contribution in [3.05, 3.63) is 52.8 Å². The molecule has 4 heteroatoms. The van der Waals surface area contributed by atoms with E-state index in [0.717, 1.165) is 52.6 Å². The van der Waals surface area contributed by atoms with Crippen molar-refractivity contribution < 1.29 is 0 Å². The van der Waals surface area contributed by atoms with Gasteiger partial charge in [-0.05, 0) is 19.3 Å². The van der Waals surface area contributed by atoms with Gasteiger partial charge in [-0.1, -0.05) is 41.9 Å². The third-order valence-corrected chi connectivity index (χ3v) is 4.02. The highest BCUT2D eigenvalue weighted by Gasteiger charge is 2.20. The molecule has 19 heavy (non-hydrogen) atoms. The van der Waals surface area contributed by atoms with E-state index in [1.807, 2.05) is 36.4 Å². The van der Waals surface area contributed by atoms with E-state index in [1.165, 1.54) is 0 Å². The predicted octanol–water partition coefficient (Wildman–Crippen LogP) is 3.54. The van der Waals surface area contributed by atoms with Crippen LogP contribution in [-0.2, 0) is 12.8 Å². The van der Waals surface area contributed by atoms with Crippen molar-refractivity contribution >= 4 is 17.2 Å².